The Hall–Kier alpha value is -1.74. The fourth-order valence-electron chi connectivity index (χ4n) is 6.38. The van der Waals surface area contributed by atoms with Gasteiger partial charge in [0.05, 0.1) is 23.4 Å². The number of rotatable bonds is 15. The van der Waals surface area contributed by atoms with Gasteiger partial charge in [-0.3, -0.25) is 9.59 Å². The standard InChI is InChI=1S/C34H58O8/c1-23(2)13-11-19-31(7,37)27-17-21-33(9,41-27)29(39-25(5)35)15-16-30(40-26(6)36)34(10)22-18-28(42-34)32(8,38)20-12-14-24(3)4/h13-14,27-30,37-38H,11-12,15-22H2,1-10H3/t27-,28+,29+,30-,31-,32-,33-,34+/m0/s1. The Bertz CT molecular complexity index is 896. The highest BCUT2D eigenvalue weighted by atomic mass is 16.6. The van der Waals surface area contributed by atoms with Crippen LogP contribution in [0.15, 0.2) is 23.3 Å². The normalized spacial score (nSPS) is 30.0. The molecule has 0 spiro atoms. The number of carbonyl (C=O) groups excluding carboxylic acids is 2. The first-order chi connectivity index (χ1) is 19.3. The van der Waals surface area contributed by atoms with Crippen LogP contribution in [0.4, 0.5) is 0 Å². The Morgan fingerprint density at radius 3 is 1.38 bits per heavy atom. The maximum Gasteiger partial charge on any atom is 0.303 e. The highest BCUT2D eigenvalue weighted by molar-refractivity contribution is 5.66. The monoisotopic (exact) mass is 594 g/mol. The lowest BCUT2D eigenvalue weighted by molar-refractivity contribution is -0.194. The minimum absolute atomic E-state index is 0.389. The zero-order valence-corrected chi connectivity index (χ0v) is 27.9. The van der Waals surface area contributed by atoms with Crippen molar-refractivity contribution < 1.29 is 38.7 Å². The number of esters is 2. The highest BCUT2D eigenvalue weighted by Crippen LogP contribution is 2.44. The molecule has 8 heteroatoms. The van der Waals surface area contributed by atoms with Crippen molar-refractivity contribution in [1.82, 2.24) is 0 Å². The third-order valence-electron chi connectivity index (χ3n) is 9.09. The molecule has 0 amide bonds. The summed E-state index contributed by atoms with van der Waals surface area (Å²) >= 11 is 0. The van der Waals surface area contributed by atoms with Gasteiger partial charge in [0.1, 0.15) is 23.4 Å². The van der Waals surface area contributed by atoms with Gasteiger partial charge in [-0.25, -0.2) is 0 Å². The van der Waals surface area contributed by atoms with Crippen LogP contribution in [0.1, 0.15) is 133 Å². The van der Waals surface area contributed by atoms with E-state index in [0.717, 1.165) is 12.8 Å². The van der Waals surface area contributed by atoms with Crippen molar-refractivity contribution in [3.63, 3.8) is 0 Å². The summed E-state index contributed by atoms with van der Waals surface area (Å²) in [7, 11) is 0. The van der Waals surface area contributed by atoms with Crippen LogP contribution in [0, 0.1) is 0 Å². The average Bonchev–Trinajstić information content (AvgIpc) is 3.45. The molecule has 0 bridgehead atoms. The summed E-state index contributed by atoms with van der Waals surface area (Å²) in [5.41, 5.74) is -1.23. The fraction of sp³-hybridized carbons (Fsp3) is 0.824. The molecule has 42 heavy (non-hydrogen) atoms. The predicted molar refractivity (Wildman–Crippen MR) is 164 cm³/mol. The van der Waals surface area contributed by atoms with E-state index in [1.165, 1.54) is 25.0 Å². The van der Waals surface area contributed by atoms with Crippen LogP contribution in [0.3, 0.4) is 0 Å². The average molecular weight is 595 g/mol. The Morgan fingerprint density at radius 2 is 1.10 bits per heavy atom. The maximum atomic E-state index is 12.2. The smallest absolute Gasteiger partial charge is 0.303 e. The van der Waals surface area contributed by atoms with Crippen molar-refractivity contribution in [1.29, 1.82) is 0 Å². The van der Waals surface area contributed by atoms with Gasteiger partial charge in [-0.1, -0.05) is 23.3 Å². The van der Waals surface area contributed by atoms with Crippen molar-refractivity contribution in [3.8, 4) is 0 Å². The van der Waals surface area contributed by atoms with Crippen LogP contribution in [0.5, 0.6) is 0 Å². The molecule has 0 unspecified atom stereocenters. The van der Waals surface area contributed by atoms with Gasteiger partial charge in [0.25, 0.3) is 0 Å². The lowest BCUT2D eigenvalue weighted by Gasteiger charge is -2.39. The van der Waals surface area contributed by atoms with E-state index in [1.807, 2.05) is 55.4 Å². The summed E-state index contributed by atoms with van der Waals surface area (Å²) in [6.07, 6.45) is 8.21. The first-order valence-corrected chi connectivity index (χ1v) is 15.7. The lowest BCUT2D eigenvalue weighted by Crippen LogP contribution is -2.49. The highest BCUT2D eigenvalue weighted by Gasteiger charge is 2.52. The molecule has 2 saturated heterocycles. The molecule has 2 aliphatic rings. The van der Waals surface area contributed by atoms with Gasteiger partial charge in [-0.05, 0) is 120 Å². The summed E-state index contributed by atoms with van der Waals surface area (Å²) in [5, 5.41) is 22.5. The largest absolute Gasteiger partial charge is 0.459 e. The molecule has 2 fully saturated rings. The quantitative estimate of drug-likeness (QED) is 0.163. The van der Waals surface area contributed by atoms with Crippen molar-refractivity contribution in [2.45, 2.75) is 180 Å². The second kappa shape index (κ2) is 14.8. The summed E-state index contributed by atoms with van der Waals surface area (Å²) in [4.78, 5) is 24.4. The third kappa shape index (κ3) is 10.5. The van der Waals surface area contributed by atoms with E-state index in [0.29, 0.717) is 51.4 Å². The Kier molecular flexibility index (Phi) is 12.9. The van der Waals surface area contributed by atoms with Gasteiger partial charge in [-0.2, -0.15) is 0 Å². The topological polar surface area (TPSA) is 112 Å². The molecule has 2 N–H and O–H groups in total. The number of ether oxygens (including phenoxy) is 4. The van der Waals surface area contributed by atoms with E-state index in [9.17, 15) is 19.8 Å². The van der Waals surface area contributed by atoms with Gasteiger partial charge >= 0.3 is 11.9 Å². The number of hydrogen-bond donors (Lipinski definition) is 2. The molecule has 2 rings (SSSR count). The van der Waals surface area contributed by atoms with Crippen molar-refractivity contribution in [2.75, 3.05) is 0 Å². The van der Waals surface area contributed by atoms with Gasteiger partial charge in [0, 0.05) is 13.8 Å². The second-order valence-electron chi connectivity index (χ2n) is 14.0. The number of hydrogen-bond acceptors (Lipinski definition) is 8. The molecule has 2 heterocycles. The van der Waals surface area contributed by atoms with Crippen molar-refractivity contribution in [2.24, 2.45) is 0 Å². The minimum Gasteiger partial charge on any atom is -0.459 e. The summed E-state index contributed by atoms with van der Waals surface area (Å²) in [6.45, 7) is 18.4. The molecule has 242 valence electrons. The maximum absolute atomic E-state index is 12.2. The molecule has 8 nitrogen and oxygen atoms in total. The molecule has 2 aliphatic heterocycles. The molecule has 0 aromatic carbocycles. The zero-order valence-electron chi connectivity index (χ0n) is 27.9. The lowest BCUT2D eigenvalue weighted by atomic mass is 9.85. The van der Waals surface area contributed by atoms with Gasteiger partial charge < -0.3 is 29.2 Å². The van der Waals surface area contributed by atoms with E-state index < -0.39 is 46.6 Å². The number of allylic oxidation sites excluding steroid dienone is 4. The Labute approximate surface area is 254 Å². The summed E-state index contributed by atoms with van der Waals surface area (Å²) < 4.78 is 24.6. The summed E-state index contributed by atoms with van der Waals surface area (Å²) in [5.74, 6) is -0.827. The van der Waals surface area contributed by atoms with Crippen molar-refractivity contribution >= 4 is 11.9 Å². The molecule has 0 aromatic heterocycles. The molecule has 0 radical (unpaired) electrons. The third-order valence-corrected chi connectivity index (χ3v) is 9.09. The van der Waals surface area contributed by atoms with E-state index >= 15 is 0 Å². The first kappa shape index (κ1) is 36.5. The Morgan fingerprint density at radius 1 is 0.762 bits per heavy atom. The summed E-state index contributed by atoms with van der Waals surface area (Å²) in [6, 6.07) is 0. The number of aliphatic hydroxyl groups is 2. The van der Waals surface area contributed by atoms with E-state index in [4.69, 9.17) is 18.9 Å². The van der Waals surface area contributed by atoms with Crippen molar-refractivity contribution in [3.05, 3.63) is 23.3 Å². The van der Waals surface area contributed by atoms with Crippen LogP contribution in [-0.4, -0.2) is 69.0 Å². The first-order valence-electron chi connectivity index (χ1n) is 15.7. The van der Waals surface area contributed by atoms with Crippen LogP contribution in [0.25, 0.3) is 0 Å². The SMILES string of the molecule is CC(=O)O[C@@H](CC[C@@H](OC(C)=O)[C@]1(C)CC[C@@H]([C@@](C)(O)CCC=C(C)C)O1)[C@@]1(C)CC[C@H]([C@@](C)(O)CCC=C(C)C)O1. The van der Waals surface area contributed by atoms with Crippen LogP contribution in [-0.2, 0) is 28.5 Å². The fourth-order valence-corrected chi connectivity index (χ4v) is 6.38. The molecular formula is C34H58O8. The van der Waals surface area contributed by atoms with Crippen LogP contribution < -0.4 is 0 Å². The molecule has 8 atom stereocenters. The van der Waals surface area contributed by atoms with E-state index in [-0.39, 0.29) is 12.2 Å². The zero-order chi connectivity index (χ0) is 31.9. The molecular weight excluding hydrogens is 536 g/mol. The molecule has 0 aromatic rings. The molecule has 0 aliphatic carbocycles. The van der Waals surface area contributed by atoms with E-state index in [2.05, 4.69) is 12.2 Å². The van der Waals surface area contributed by atoms with Crippen LogP contribution in [0.2, 0.25) is 0 Å². The minimum atomic E-state index is -1.02. The predicted octanol–water partition coefficient (Wildman–Crippen LogP) is 6.50. The van der Waals surface area contributed by atoms with Gasteiger partial charge in [0.2, 0.25) is 0 Å². The van der Waals surface area contributed by atoms with Gasteiger partial charge in [0.15, 0.2) is 0 Å². The molecule has 0 saturated carbocycles. The second-order valence-corrected chi connectivity index (χ2v) is 14.0. The van der Waals surface area contributed by atoms with Crippen LogP contribution >= 0.6 is 0 Å². The Balaban J connectivity index is 2.16. The van der Waals surface area contributed by atoms with E-state index in [1.54, 1.807) is 0 Å². The number of carbonyl (C=O) groups is 2. The van der Waals surface area contributed by atoms with Gasteiger partial charge in [-0.15, -0.1) is 0 Å².